The van der Waals surface area contributed by atoms with Crippen molar-refractivity contribution in [2.24, 2.45) is 4.99 Å². The minimum atomic E-state index is -0.204. The molecule has 2 aromatic heterocycles. The summed E-state index contributed by atoms with van der Waals surface area (Å²) in [5, 5.41) is 14.5. The molecule has 0 atom stereocenters. The summed E-state index contributed by atoms with van der Waals surface area (Å²) in [6.45, 7) is 13.0. The molecule has 1 N–H and O–H groups in total. The van der Waals surface area contributed by atoms with Gasteiger partial charge in [0.25, 0.3) is 0 Å². The molecule has 5 heteroatoms. The summed E-state index contributed by atoms with van der Waals surface area (Å²) >= 11 is 1.66. The quantitative estimate of drug-likeness (QED) is 0.215. The summed E-state index contributed by atoms with van der Waals surface area (Å²) in [6, 6.07) is 26.9. The van der Waals surface area contributed by atoms with E-state index in [1.165, 1.54) is 5.56 Å². The van der Waals surface area contributed by atoms with Gasteiger partial charge in [-0.25, -0.2) is 4.98 Å². The Bertz CT molecular complexity index is 1970. The van der Waals surface area contributed by atoms with Gasteiger partial charge in [-0.15, -0.1) is 11.3 Å². The van der Waals surface area contributed by atoms with Crippen LogP contribution in [0.3, 0.4) is 0 Å². The fraction of sp³-hybridized carbons (Fsp3) is 0.216. The number of benzene rings is 4. The van der Waals surface area contributed by atoms with Gasteiger partial charge in [-0.2, -0.15) is 0 Å². The number of fused-ring (bicyclic) bond motifs is 2. The number of aromatic nitrogens is 2. The number of phenols is 1. The second kappa shape index (κ2) is 10.5. The Balaban J connectivity index is 1.45. The molecule has 0 spiro atoms. The van der Waals surface area contributed by atoms with Crippen LogP contribution in [0.15, 0.2) is 96.2 Å². The molecule has 0 fully saturated rings. The van der Waals surface area contributed by atoms with Crippen molar-refractivity contribution in [3.63, 3.8) is 0 Å². The van der Waals surface area contributed by atoms with Gasteiger partial charge in [-0.05, 0) is 46.0 Å². The number of nitrogens with zero attached hydrogens (tertiary/aromatic N) is 3. The van der Waals surface area contributed by atoms with E-state index in [2.05, 4.69) is 101 Å². The Morgan fingerprint density at radius 3 is 2.29 bits per heavy atom. The first-order valence-electron chi connectivity index (χ1n) is 14.2. The maximum Gasteiger partial charge on any atom is 0.128 e. The van der Waals surface area contributed by atoms with E-state index in [1.54, 1.807) is 17.6 Å². The molecular formula is C37H35N3OS. The van der Waals surface area contributed by atoms with E-state index in [0.717, 1.165) is 59.5 Å². The lowest BCUT2D eigenvalue weighted by Gasteiger charge is -2.27. The van der Waals surface area contributed by atoms with E-state index in [1.807, 2.05) is 36.7 Å². The molecule has 210 valence electrons. The Morgan fingerprint density at radius 1 is 0.762 bits per heavy atom. The van der Waals surface area contributed by atoms with Gasteiger partial charge in [-0.3, -0.25) is 9.98 Å². The lowest BCUT2D eigenvalue weighted by atomic mass is 9.79. The van der Waals surface area contributed by atoms with Crippen LogP contribution in [0.2, 0.25) is 0 Å². The summed E-state index contributed by atoms with van der Waals surface area (Å²) in [6.07, 6.45) is 5.62. The molecule has 0 saturated carbocycles. The van der Waals surface area contributed by atoms with Crippen LogP contribution in [0.4, 0.5) is 5.69 Å². The van der Waals surface area contributed by atoms with E-state index >= 15 is 0 Å². The minimum Gasteiger partial charge on any atom is -0.507 e. The molecule has 0 aliphatic carbocycles. The van der Waals surface area contributed by atoms with E-state index in [9.17, 15) is 5.11 Å². The van der Waals surface area contributed by atoms with Crippen molar-refractivity contribution in [2.75, 3.05) is 0 Å². The average Bonchev–Trinajstić information content (AvgIpc) is 3.40. The van der Waals surface area contributed by atoms with Crippen LogP contribution in [-0.2, 0) is 10.8 Å². The van der Waals surface area contributed by atoms with Crippen molar-refractivity contribution in [3.8, 4) is 27.4 Å². The topological polar surface area (TPSA) is 58.4 Å². The summed E-state index contributed by atoms with van der Waals surface area (Å²) in [5.74, 6) is 0.282. The second-order valence-electron chi connectivity index (χ2n) is 12.8. The van der Waals surface area contributed by atoms with Crippen LogP contribution in [0.25, 0.3) is 42.7 Å². The molecule has 0 saturated heterocycles. The van der Waals surface area contributed by atoms with Gasteiger partial charge in [0.05, 0.1) is 15.9 Å². The summed E-state index contributed by atoms with van der Waals surface area (Å²) in [4.78, 5) is 14.6. The number of para-hydroxylation sites is 2. The fourth-order valence-electron chi connectivity index (χ4n) is 5.28. The Kier molecular flexibility index (Phi) is 6.94. The van der Waals surface area contributed by atoms with Gasteiger partial charge >= 0.3 is 0 Å². The highest BCUT2D eigenvalue weighted by Gasteiger charge is 2.24. The van der Waals surface area contributed by atoms with Gasteiger partial charge in [-0.1, -0.05) is 96.1 Å². The maximum atomic E-state index is 11.3. The normalized spacial score (nSPS) is 12.5. The summed E-state index contributed by atoms with van der Waals surface area (Å²) in [5.41, 5.74) is 7.41. The fourth-order valence-corrected chi connectivity index (χ4v) is 6.31. The summed E-state index contributed by atoms with van der Waals surface area (Å²) in [7, 11) is 0. The van der Waals surface area contributed by atoms with Crippen LogP contribution in [-0.4, -0.2) is 21.3 Å². The minimum absolute atomic E-state index is 0.0630. The van der Waals surface area contributed by atoms with Crippen molar-refractivity contribution >= 4 is 44.2 Å². The number of pyridine rings is 1. The Labute approximate surface area is 251 Å². The largest absolute Gasteiger partial charge is 0.507 e. The second-order valence-corrected chi connectivity index (χ2v) is 13.8. The summed E-state index contributed by atoms with van der Waals surface area (Å²) < 4.78 is 1.11. The van der Waals surface area contributed by atoms with E-state index in [0.29, 0.717) is 0 Å². The Morgan fingerprint density at radius 2 is 1.50 bits per heavy atom. The van der Waals surface area contributed by atoms with Crippen molar-refractivity contribution in [2.45, 2.75) is 52.4 Å². The molecule has 0 unspecified atom stereocenters. The zero-order valence-corrected chi connectivity index (χ0v) is 25.8. The highest BCUT2D eigenvalue weighted by Crippen LogP contribution is 2.41. The zero-order valence-electron chi connectivity index (χ0n) is 24.9. The SMILES string of the molecule is CC(C)(C)c1cc(C=Nc2ccccc2-c2nc3c(-c4cncc5ccccc45)cccc3s2)c(O)c(C(C)(C)C)c1. The molecule has 6 rings (SSSR count). The molecule has 2 heterocycles. The predicted molar refractivity (Wildman–Crippen MR) is 179 cm³/mol. The van der Waals surface area contributed by atoms with E-state index in [4.69, 9.17) is 9.98 Å². The van der Waals surface area contributed by atoms with Gasteiger partial charge in [0.2, 0.25) is 0 Å². The molecule has 0 bridgehead atoms. The predicted octanol–water partition coefficient (Wildman–Crippen LogP) is 10.2. The van der Waals surface area contributed by atoms with Crippen LogP contribution >= 0.6 is 11.3 Å². The first-order valence-corrected chi connectivity index (χ1v) is 15.1. The number of phenolic OH excluding ortho intramolecular Hbond substituents is 1. The van der Waals surface area contributed by atoms with Crippen molar-refractivity contribution < 1.29 is 5.11 Å². The monoisotopic (exact) mass is 569 g/mol. The first kappa shape index (κ1) is 27.8. The van der Waals surface area contributed by atoms with Gasteiger partial charge < -0.3 is 5.11 Å². The smallest absolute Gasteiger partial charge is 0.128 e. The molecule has 6 aromatic rings. The molecule has 0 amide bonds. The maximum absolute atomic E-state index is 11.3. The van der Waals surface area contributed by atoms with E-state index < -0.39 is 0 Å². The molecule has 0 aliphatic rings. The van der Waals surface area contributed by atoms with Crippen molar-refractivity contribution in [1.82, 2.24) is 9.97 Å². The number of hydrogen-bond donors (Lipinski definition) is 1. The van der Waals surface area contributed by atoms with Gasteiger partial charge in [0, 0.05) is 51.8 Å². The number of aliphatic imine (C=N–C) groups is 1. The molecule has 0 radical (unpaired) electrons. The third kappa shape index (κ3) is 5.21. The molecule has 42 heavy (non-hydrogen) atoms. The van der Waals surface area contributed by atoms with E-state index in [-0.39, 0.29) is 16.6 Å². The number of thiazole rings is 1. The van der Waals surface area contributed by atoms with Crippen LogP contribution in [0.1, 0.15) is 58.2 Å². The third-order valence-electron chi connectivity index (χ3n) is 7.67. The van der Waals surface area contributed by atoms with Crippen LogP contribution in [0.5, 0.6) is 5.75 Å². The van der Waals surface area contributed by atoms with Crippen molar-refractivity contribution in [3.05, 3.63) is 108 Å². The number of rotatable bonds is 4. The first-order chi connectivity index (χ1) is 20.0. The van der Waals surface area contributed by atoms with Gasteiger partial charge in [0.15, 0.2) is 0 Å². The van der Waals surface area contributed by atoms with Crippen LogP contribution < -0.4 is 0 Å². The molecule has 4 nitrogen and oxygen atoms in total. The molecular weight excluding hydrogens is 534 g/mol. The van der Waals surface area contributed by atoms with Crippen LogP contribution in [0, 0.1) is 0 Å². The van der Waals surface area contributed by atoms with Gasteiger partial charge in [0.1, 0.15) is 10.8 Å². The molecule has 0 aliphatic heterocycles. The van der Waals surface area contributed by atoms with Crippen molar-refractivity contribution in [1.29, 1.82) is 0 Å². The lowest BCUT2D eigenvalue weighted by molar-refractivity contribution is 0.444. The number of hydrogen-bond acceptors (Lipinski definition) is 5. The zero-order chi connectivity index (χ0) is 29.6. The molecule has 4 aromatic carbocycles. The lowest BCUT2D eigenvalue weighted by Crippen LogP contribution is -2.17. The highest BCUT2D eigenvalue weighted by atomic mass is 32.1. The average molecular weight is 570 g/mol. The third-order valence-corrected chi connectivity index (χ3v) is 8.72. The Hall–Kier alpha value is -4.35. The number of aromatic hydroxyl groups is 1. The standard InChI is InChI=1S/C37H35N3OS/c1-36(2,3)25-18-24(34(41)30(19-25)37(4,5)6)21-39-31-16-10-9-14-28(31)35-40-33-27(15-11-17-32(33)42-35)29-22-38-20-23-12-7-8-13-26(23)29/h7-22,41H,1-6H3. The highest BCUT2D eigenvalue weighted by molar-refractivity contribution is 7.21.